The summed E-state index contributed by atoms with van der Waals surface area (Å²) >= 11 is 0. The highest BCUT2D eigenvalue weighted by Gasteiger charge is 2.41. The van der Waals surface area contributed by atoms with Gasteiger partial charge in [0.1, 0.15) is 11.3 Å². The first-order valence-corrected chi connectivity index (χ1v) is 6.74. The van der Waals surface area contributed by atoms with Crippen LogP contribution in [0.5, 0.6) is 5.75 Å². The summed E-state index contributed by atoms with van der Waals surface area (Å²) in [4.78, 5) is 11.7. The molecule has 0 radical (unpaired) electrons. The van der Waals surface area contributed by atoms with Gasteiger partial charge in [0.2, 0.25) is 0 Å². The molecule has 0 aliphatic heterocycles. The van der Waals surface area contributed by atoms with E-state index in [0.717, 1.165) is 17.7 Å². The molecule has 110 valence electrons. The van der Waals surface area contributed by atoms with Crippen LogP contribution in [0.3, 0.4) is 0 Å². The van der Waals surface area contributed by atoms with Gasteiger partial charge in [0, 0.05) is 20.1 Å². The molecular weight excluding hydrogens is 258 g/mol. The van der Waals surface area contributed by atoms with Crippen molar-refractivity contribution in [2.45, 2.75) is 24.8 Å². The molecule has 0 amide bonds. The molecule has 20 heavy (non-hydrogen) atoms. The maximum Gasteiger partial charge on any atom is 0.324 e. The number of methoxy groups -OCH3 is 2. The molecule has 0 spiro atoms. The minimum absolute atomic E-state index is 0.471. The molecule has 1 aliphatic rings. The summed E-state index contributed by atoms with van der Waals surface area (Å²) in [7, 11) is 3.22. The number of ether oxygens (including phenoxy) is 2. The molecule has 5 heteroatoms. The van der Waals surface area contributed by atoms with E-state index >= 15 is 0 Å². The smallest absolute Gasteiger partial charge is 0.324 e. The first-order valence-electron chi connectivity index (χ1n) is 6.74. The van der Waals surface area contributed by atoms with Crippen LogP contribution in [0.2, 0.25) is 0 Å². The zero-order valence-electron chi connectivity index (χ0n) is 11.9. The van der Waals surface area contributed by atoms with Gasteiger partial charge >= 0.3 is 5.97 Å². The van der Waals surface area contributed by atoms with Gasteiger partial charge in [-0.15, -0.1) is 0 Å². The number of aliphatic carboxylic acids is 1. The number of aryl methyl sites for hydroxylation is 1. The van der Waals surface area contributed by atoms with Crippen molar-refractivity contribution in [3.8, 4) is 5.75 Å². The number of carboxylic acid groups (broad SMARTS) is 1. The third-order valence-electron chi connectivity index (χ3n) is 3.91. The Morgan fingerprint density at radius 2 is 2.20 bits per heavy atom. The standard InChI is InChI=1S/C15H21NO4/c1-19-8-7-16-15(14(17)18)6-5-11-3-4-13(20-2)9-12(11)10-15/h3-4,9,16H,5-8,10H2,1-2H3,(H,17,18). The minimum Gasteiger partial charge on any atom is -0.497 e. The summed E-state index contributed by atoms with van der Waals surface area (Å²) in [5.41, 5.74) is 1.34. The molecular formula is C15H21NO4. The lowest BCUT2D eigenvalue weighted by atomic mass is 9.78. The first-order chi connectivity index (χ1) is 9.61. The van der Waals surface area contributed by atoms with Crippen LogP contribution in [0.4, 0.5) is 0 Å². The minimum atomic E-state index is -0.905. The number of rotatable bonds is 6. The third-order valence-corrected chi connectivity index (χ3v) is 3.91. The number of benzene rings is 1. The fourth-order valence-corrected chi connectivity index (χ4v) is 2.70. The first kappa shape index (κ1) is 14.8. The van der Waals surface area contributed by atoms with Crippen molar-refractivity contribution in [2.24, 2.45) is 0 Å². The summed E-state index contributed by atoms with van der Waals surface area (Å²) in [6.45, 7) is 1.03. The SMILES string of the molecule is COCCNC1(C(=O)O)CCc2ccc(OC)cc2C1. The second-order valence-electron chi connectivity index (χ2n) is 5.12. The highest BCUT2D eigenvalue weighted by atomic mass is 16.5. The number of hydrogen-bond acceptors (Lipinski definition) is 4. The van der Waals surface area contributed by atoms with Crippen LogP contribution >= 0.6 is 0 Å². The predicted molar refractivity (Wildman–Crippen MR) is 75.3 cm³/mol. The lowest BCUT2D eigenvalue weighted by Gasteiger charge is -2.35. The second-order valence-corrected chi connectivity index (χ2v) is 5.12. The van der Waals surface area contributed by atoms with Crippen molar-refractivity contribution in [3.05, 3.63) is 29.3 Å². The normalized spacial score (nSPS) is 21.3. The van der Waals surface area contributed by atoms with Gasteiger partial charge in [-0.25, -0.2) is 0 Å². The molecule has 1 aromatic rings. The topological polar surface area (TPSA) is 67.8 Å². The number of nitrogens with one attached hydrogen (secondary N) is 1. The van der Waals surface area contributed by atoms with E-state index in [0.29, 0.717) is 26.0 Å². The van der Waals surface area contributed by atoms with Crippen molar-refractivity contribution in [1.82, 2.24) is 5.32 Å². The predicted octanol–water partition coefficient (Wildman–Crippen LogP) is 1.24. The number of carbonyl (C=O) groups is 1. The molecule has 0 bridgehead atoms. The second kappa shape index (κ2) is 6.24. The lowest BCUT2D eigenvalue weighted by molar-refractivity contribution is -0.145. The fraction of sp³-hybridized carbons (Fsp3) is 0.533. The Labute approximate surface area is 118 Å². The molecule has 0 aromatic heterocycles. The molecule has 1 atom stereocenters. The van der Waals surface area contributed by atoms with Crippen LogP contribution in [0.25, 0.3) is 0 Å². The van der Waals surface area contributed by atoms with E-state index in [-0.39, 0.29) is 0 Å². The van der Waals surface area contributed by atoms with Crippen LogP contribution in [0, 0.1) is 0 Å². The summed E-state index contributed by atoms with van der Waals surface area (Å²) < 4.78 is 10.2. The van der Waals surface area contributed by atoms with Crippen molar-refractivity contribution >= 4 is 5.97 Å². The Bertz CT molecular complexity index is 489. The van der Waals surface area contributed by atoms with Gasteiger partial charge in [-0.1, -0.05) is 6.07 Å². The molecule has 2 rings (SSSR count). The number of carboxylic acids is 1. The monoisotopic (exact) mass is 279 g/mol. The highest BCUT2D eigenvalue weighted by molar-refractivity contribution is 5.80. The van der Waals surface area contributed by atoms with Crippen molar-refractivity contribution in [1.29, 1.82) is 0 Å². The molecule has 0 fully saturated rings. The van der Waals surface area contributed by atoms with E-state index in [2.05, 4.69) is 5.32 Å². The quantitative estimate of drug-likeness (QED) is 0.767. The van der Waals surface area contributed by atoms with Crippen LogP contribution in [0.1, 0.15) is 17.5 Å². The summed E-state index contributed by atoms with van der Waals surface area (Å²) in [5, 5.41) is 12.8. The average Bonchev–Trinajstić information content (AvgIpc) is 2.46. The van der Waals surface area contributed by atoms with Gasteiger partial charge in [0.25, 0.3) is 0 Å². The zero-order chi connectivity index (χ0) is 14.6. The third kappa shape index (κ3) is 2.94. The molecule has 0 saturated heterocycles. The zero-order valence-corrected chi connectivity index (χ0v) is 11.9. The fourth-order valence-electron chi connectivity index (χ4n) is 2.70. The molecule has 1 unspecified atom stereocenters. The van der Waals surface area contributed by atoms with Crippen LogP contribution < -0.4 is 10.1 Å². The molecule has 1 aliphatic carbocycles. The average molecular weight is 279 g/mol. The Hall–Kier alpha value is -1.59. The highest BCUT2D eigenvalue weighted by Crippen LogP contribution is 2.31. The maximum atomic E-state index is 11.7. The molecule has 0 heterocycles. The Morgan fingerprint density at radius 1 is 1.40 bits per heavy atom. The van der Waals surface area contributed by atoms with E-state index < -0.39 is 11.5 Å². The van der Waals surface area contributed by atoms with E-state index in [1.54, 1.807) is 14.2 Å². The van der Waals surface area contributed by atoms with Crippen molar-refractivity contribution in [3.63, 3.8) is 0 Å². The summed E-state index contributed by atoms with van der Waals surface area (Å²) in [6, 6.07) is 5.88. The van der Waals surface area contributed by atoms with Crippen LogP contribution in [0.15, 0.2) is 18.2 Å². The Kier molecular flexibility index (Phi) is 4.62. The van der Waals surface area contributed by atoms with E-state index in [4.69, 9.17) is 9.47 Å². The van der Waals surface area contributed by atoms with Crippen molar-refractivity contribution in [2.75, 3.05) is 27.4 Å². The van der Waals surface area contributed by atoms with Gasteiger partial charge in [0.05, 0.1) is 13.7 Å². The lowest BCUT2D eigenvalue weighted by Crippen LogP contribution is -2.56. The van der Waals surface area contributed by atoms with E-state index in [1.165, 1.54) is 5.56 Å². The Balaban J connectivity index is 2.21. The summed E-state index contributed by atoms with van der Waals surface area (Å²) in [6.07, 6.45) is 1.82. The Morgan fingerprint density at radius 3 is 2.85 bits per heavy atom. The molecule has 1 aromatic carbocycles. The molecule has 5 nitrogen and oxygen atoms in total. The van der Waals surface area contributed by atoms with Gasteiger partial charge in [-0.2, -0.15) is 0 Å². The van der Waals surface area contributed by atoms with Gasteiger partial charge in [0.15, 0.2) is 0 Å². The van der Waals surface area contributed by atoms with Crippen LogP contribution in [-0.2, 0) is 22.4 Å². The van der Waals surface area contributed by atoms with Crippen molar-refractivity contribution < 1.29 is 19.4 Å². The maximum absolute atomic E-state index is 11.7. The van der Waals surface area contributed by atoms with Gasteiger partial charge < -0.3 is 14.6 Å². The van der Waals surface area contributed by atoms with Gasteiger partial charge in [-0.05, 0) is 36.1 Å². The van der Waals surface area contributed by atoms with E-state index in [9.17, 15) is 9.90 Å². The van der Waals surface area contributed by atoms with Gasteiger partial charge in [-0.3, -0.25) is 10.1 Å². The van der Waals surface area contributed by atoms with Crippen LogP contribution in [-0.4, -0.2) is 44.0 Å². The number of fused-ring (bicyclic) bond motifs is 1. The summed E-state index contributed by atoms with van der Waals surface area (Å²) in [5.74, 6) is -0.0381. The largest absolute Gasteiger partial charge is 0.497 e. The molecule has 0 saturated carbocycles. The number of hydrogen-bond donors (Lipinski definition) is 2. The van der Waals surface area contributed by atoms with E-state index in [1.807, 2.05) is 18.2 Å². The molecule has 2 N–H and O–H groups in total.